The number of rotatable bonds is 7. The molecule has 0 bridgehead atoms. The number of nitrogens with zero attached hydrogens (tertiary/aromatic N) is 4. The first kappa shape index (κ1) is 25.5. The number of halogens is 2. The lowest BCUT2D eigenvalue weighted by Gasteiger charge is -2.12. The normalized spacial score (nSPS) is 11.5. The smallest absolute Gasteiger partial charge is 0.313 e. The summed E-state index contributed by atoms with van der Waals surface area (Å²) in [5, 5.41) is 16.6. The Bertz CT molecular complexity index is 1570. The molecule has 3 aromatic carbocycles. The van der Waals surface area contributed by atoms with Crippen LogP contribution in [0.1, 0.15) is 42.3 Å². The molecule has 0 fully saturated rings. The Labute approximate surface area is 220 Å². The molecule has 0 atom stereocenters. The number of nitro benzene ring substituents is 1. The number of aromatic nitrogens is 2. The molecule has 0 saturated heterocycles. The van der Waals surface area contributed by atoms with Gasteiger partial charge in [-0.15, -0.1) is 0 Å². The standard InChI is InChI=1S/C26H22BrClN4O4/c1-15(2)25-30-22-8-7-19(27)12-20(22)26(33)31(25)29-13-18-10-21(28)24(23(11-18)32(34)35)36-14-17-6-4-5-16(3)9-17/h4-13,15H,14H2,1-3H3. The van der Waals surface area contributed by atoms with Crippen LogP contribution in [0.2, 0.25) is 5.02 Å². The number of benzene rings is 3. The van der Waals surface area contributed by atoms with Crippen LogP contribution in [-0.4, -0.2) is 20.8 Å². The van der Waals surface area contributed by atoms with Gasteiger partial charge in [-0.05, 0) is 36.8 Å². The van der Waals surface area contributed by atoms with Crippen LogP contribution in [-0.2, 0) is 6.61 Å². The Morgan fingerprint density at radius 3 is 2.69 bits per heavy atom. The Morgan fingerprint density at radius 1 is 1.22 bits per heavy atom. The van der Waals surface area contributed by atoms with Gasteiger partial charge in [0.1, 0.15) is 12.4 Å². The van der Waals surface area contributed by atoms with Crippen LogP contribution >= 0.6 is 27.5 Å². The van der Waals surface area contributed by atoms with Gasteiger partial charge in [-0.25, -0.2) is 4.98 Å². The van der Waals surface area contributed by atoms with Gasteiger partial charge in [0.15, 0.2) is 0 Å². The summed E-state index contributed by atoms with van der Waals surface area (Å²) in [7, 11) is 0. The predicted octanol–water partition coefficient (Wildman–Crippen LogP) is 6.61. The molecule has 0 N–H and O–H groups in total. The molecule has 1 aromatic heterocycles. The average molecular weight is 570 g/mol. The second-order valence-corrected chi connectivity index (χ2v) is 9.86. The zero-order chi connectivity index (χ0) is 26.0. The summed E-state index contributed by atoms with van der Waals surface area (Å²) >= 11 is 9.77. The van der Waals surface area contributed by atoms with Crippen molar-refractivity contribution in [3.05, 3.63) is 107 Å². The molecule has 0 spiro atoms. The fourth-order valence-corrected chi connectivity index (χ4v) is 4.32. The lowest BCUT2D eigenvalue weighted by molar-refractivity contribution is -0.385. The van der Waals surface area contributed by atoms with Crippen LogP contribution < -0.4 is 10.3 Å². The van der Waals surface area contributed by atoms with E-state index in [0.29, 0.717) is 22.3 Å². The van der Waals surface area contributed by atoms with Crippen LogP contribution in [0.4, 0.5) is 5.69 Å². The largest absolute Gasteiger partial charge is 0.481 e. The highest BCUT2D eigenvalue weighted by molar-refractivity contribution is 9.10. The maximum Gasteiger partial charge on any atom is 0.313 e. The monoisotopic (exact) mass is 568 g/mol. The molecule has 0 amide bonds. The molecule has 0 unspecified atom stereocenters. The van der Waals surface area contributed by atoms with Gasteiger partial charge < -0.3 is 4.74 Å². The topological polar surface area (TPSA) is 99.6 Å². The fraction of sp³-hybridized carbons (Fsp3) is 0.192. The minimum absolute atomic E-state index is 0.0300. The van der Waals surface area contributed by atoms with Crippen molar-refractivity contribution >= 4 is 50.3 Å². The number of fused-ring (bicyclic) bond motifs is 1. The van der Waals surface area contributed by atoms with E-state index in [0.717, 1.165) is 15.6 Å². The van der Waals surface area contributed by atoms with E-state index in [-0.39, 0.29) is 34.5 Å². The van der Waals surface area contributed by atoms with E-state index in [1.54, 1.807) is 12.1 Å². The Morgan fingerprint density at radius 2 is 2.00 bits per heavy atom. The summed E-state index contributed by atoms with van der Waals surface area (Å²) in [4.78, 5) is 29.0. The molecule has 0 aliphatic carbocycles. The summed E-state index contributed by atoms with van der Waals surface area (Å²) in [6, 6.07) is 15.7. The second kappa shape index (κ2) is 10.6. The third-order valence-electron chi connectivity index (χ3n) is 5.38. The van der Waals surface area contributed by atoms with Crippen molar-refractivity contribution in [2.75, 3.05) is 0 Å². The lowest BCUT2D eigenvalue weighted by Crippen LogP contribution is -2.23. The van der Waals surface area contributed by atoms with Crippen molar-refractivity contribution in [2.24, 2.45) is 5.10 Å². The van der Waals surface area contributed by atoms with Gasteiger partial charge in [0.05, 0.1) is 27.1 Å². The zero-order valence-electron chi connectivity index (χ0n) is 19.7. The van der Waals surface area contributed by atoms with Gasteiger partial charge in [0, 0.05) is 22.0 Å². The van der Waals surface area contributed by atoms with Crippen molar-refractivity contribution in [1.29, 1.82) is 0 Å². The third-order valence-corrected chi connectivity index (χ3v) is 6.15. The van der Waals surface area contributed by atoms with E-state index < -0.39 is 4.92 Å². The number of aryl methyl sites for hydroxylation is 1. The van der Waals surface area contributed by atoms with E-state index in [9.17, 15) is 14.9 Å². The molecule has 0 aliphatic heterocycles. The molecule has 0 aliphatic rings. The Kier molecular flexibility index (Phi) is 7.51. The molecule has 4 aromatic rings. The molecule has 36 heavy (non-hydrogen) atoms. The molecule has 0 radical (unpaired) electrons. The lowest BCUT2D eigenvalue weighted by atomic mass is 10.1. The molecule has 4 rings (SSSR count). The van der Waals surface area contributed by atoms with Crippen LogP contribution in [0.5, 0.6) is 5.75 Å². The highest BCUT2D eigenvalue weighted by atomic mass is 79.9. The molecule has 10 heteroatoms. The summed E-state index contributed by atoms with van der Waals surface area (Å²) in [5.41, 5.74) is 2.17. The van der Waals surface area contributed by atoms with Crippen LogP contribution in [0, 0.1) is 17.0 Å². The van der Waals surface area contributed by atoms with Gasteiger partial charge in [0.2, 0.25) is 5.75 Å². The first-order chi connectivity index (χ1) is 17.1. The van der Waals surface area contributed by atoms with Crippen molar-refractivity contribution in [3.8, 4) is 5.75 Å². The van der Waals surface area contributed by atoms with E-state index >= 15 is 0 Å². The quantitative estimate of drug-likeness (QED) is 0.142. The number of ether oxygens (including phenoxy) is 1. The first-order valence-electron chi connectivity index (χ1n) is 11.1. The fourth-order valence-electron chi connectivity index (χ4n) is 3.69. The maximum absolute atomic E-state index is 13.2. The number of hydrogen-bond acceptors (Lipinski definition) is 6. The minimum atomic E-state index is -0.560. The average Bonchev–Trinajstić information content (AvgIpc) is 2.82. The third kappa shape index (κ3) is 5.47. The zero-order valence-corrected chi connectivity index (χ0v) is 22.1. The Hall–Kier alpha value is -3.56. The molecule has 0 saturated carbocycles. The predicted molar refractivity (Wildman–Crippen MR) is 144 cm³/mol. The van der Waals surface area contributed by atoms with Crippen molar-refractivity contribution in [3.63, 3.8) is 0 Å². The first-order valence-corrected chi connectivity index (χ1v) is 12.2. The van der Waals surface area contributed by atoms with E-state index in [1.165, 1.54) is 23.0 Å². The molecule has 184 valence electrons. The molecular formula is C26H22BrClN4O4. The van der Waals surface area contributed by atoms with Gasteiger partial charge >= 0.3 is 5.69 Å². The highest BCUT2D eigenvalue weighted by Gasteiger charge is 2.21. The highest BCUT2D eigenvalue weighted by Crippen LogP contribution is 2.36. The van der Waals surface area contributed by atoms with Crippen molar-refractivity contribution in [1.82, 2.24) is 9.66 Å². The summed E-state index contributed by atoms with van der Waals surface area (Å²) < 4.78 is 7.68. The van der Waals surface area contributed by atoms with E-state index in [2.05, 4.69) is 26.0 Å². The van der Waals surface area contributed by atoms with Gasteiger partial charge in [-0.1, -0.05) is 71.2 Å². The van der Waals surface area contributed by atoms with Gasteiger partial charge in [0.25, 0.3) is 5.56 Å². The number of nitro groups is 1. The number of hydrogen-bond donors (Lipinski definition) is 0. The Balaban J connectivity index is 1.72. The summed E-state index contributed by atoms with van der Waals surface area (Å²) in [6.07, 6.45) is 1.35. The summed E-state index contributed by atoms with van der Waals surface area (Å²) in [5.74, 6) is 0.334. The molecular weight excluding hydrogens is 548 g/mol. The van der Waals surface area contributed by atoms with Crippen molar-refractivity contribution in [2.45, 2.75) is 33.3 Å². The van der Waals surface area contributed by atoms with Crippen LogP contribution in [0.3, 0.4) is 0 Å². The van der Waals surface area contributed by atoms with Gasteiger partial charge in [-0.2, -0.15) is 9.78 Å². The van der Waals surface area contributed by atoms with Gasteiger partial charge in [-0.3, -0.25) is 14.9 Å². The molecule has 1 heterocycles. The van der Waals surface area contributed by atoms with E-state index in [4.69, 9.17) is 16.3 Å². The maximum atomic E-state index is 13.2. The van der Waals surface area contributed by atoms with Crippen LogP contribution in [0.25, 0.3) is 10.9 Å². The summed E-state index contributed by atoms with van der Waals surface area (Å²) in [6.45, 7) is 5.88. The van der Waals surface area contributed by atoms with Crippen LogP contribution in [0.15, 0.2) is 69.0 Å². The van der Waals surface area contributed by atoms with Crippen molar-refractivity contribution < 1.29 is 9.66 Å². The second-order valence-electron chi connectivity index (χ2n) is 8.53. The van der Waals surface area contributed by atoms with E-state index in [1.807, 2.05) is 51.1 Å². The molecule has 8 nitrogen and oxygen atoms in total. The SMILES string of the molecule is Cc1cccc(COc2c(Cl)cc(C=Nn3c(C(C)C)nc4ccc(Br)cc4c3=O)cc2[N+](=O)[O-])c1. The minimum Gasteiger partial charge on any atom is -0.481 e.